The van der Waals surface area contributed by atoms with Gasteiger partial charge in [-0.3, -0.25) is 19.2 Å². The van der Waals surface area contributed by atoms with Crippen molar-refractivity contribution in [3.63, 3.8) is 0 Å². The summed E-state index contributed by atoms with van der Waals surface area (Å²) in [5.74, 6) is -1.39. The molecule has 4 aromatic rings. The fourth-order valence-electron chi connectivity index (χ4n) is 5.39. The molecule has 0 unspecified atom stereocenters. The van der Waals surface area contributed by atoms with Crippen LogP contribution in [0.4, 0.5) is 0 Å². The van der Waals surface area contributed by atoms with Crippen LogP contribution >= 0.6 is 0 Å². The summed E-state index contributed by atoms with van der Waals surface area (Å²) in [4.78, 5) is 57.9. The minimum Gasteiger partial charge on any atom is -0.497 e. The molecule has 4 rings (SSSR count). The zero-order valence-corrected chi connectivity index (χ0v) is 30.9. The maximum Gasteiger partial charge on any atom is 0.316 e. The molecule has 10 heteroatoms. The van der Waals surface area contributed by atoms with E-state index in [9.17, 15) is 19.2 Å². The van der Waals surface area contributed by atoms with Gasteiger partial charge in [0.1, 0.15) is 23.1 Å². The van der Waals surface area contributed by atoms with Crippen molar-refractivity contribution in [1.29, 1.82) is 0 Å². The van der Waals surface area contributed by atoms with Crippen molar-refractivity contribution < 1.29 is 28.7 Å². The minimum atomic E-state index is -1.12. The normalized spacial score (nSPS) is 12.9. The summed E-state index contributed by atoms with van der Waals surface area (Å²) in [6, 6.07) is 26.9. The molecule has 1 atom stereocenters. The van der Waals surface area contributed by atoms with Crippen LogP contribution in [-0.4, -0.2) is 48.2 Å². The minimum absolute atomic E-state index is 0.0261. The highest BCUT2D eigenvalue weighted by atomic mass is 16.6. The van der Waals surface area contributed by atoms with Crippen LogP contribution in [0.25, 0.3) is 10.8 Å². The quantitative estimate of drug-likeness (QED) is 0.116. The third-order valence-corrected chi connectivity index (χ3v) is 8.51. The third kappa shape index (κ3) is 10.6. The summed E-state index contributed by atoms with van der Waals surface area (Å²) in [7, 11) is 1.57. The number of benzene rings is 4. The molecule has 0 saturated heterocycles. The Hall–Kier alpha value is -5.77. The second kappa shape index (κ2) is 17.0. The van der Waals surface area contributed by atoms with Crippen LogP contribution in [0.2, 0.25) is 0 Å². The van der Waals surface area contributed by atoms with Crippen LogP contribution in [0.15, 0.2) is 108 Å². The number of nitrogens with two attached hydrogens (primary N) is 1. The van der Waals surface area contributed by atoms with E-state index in [0.29, 0.717) is 11.3 Å². The molecule has 0 bridgehead atoms. The first-order valence-electron chi connectivity index (χ1n) is 17.1. The maximum absolute atomic E-state index is 13.9. The van der Waals surface area contributed by atoms with Crippen LogP contribution < -0.4 is 21.1 Å². The number of carbonyl (C=O) groups excluding carboxylic acids is 4. The Morgan fingerprint density at radius 2 is 1.44 bits per heavy atom. The number of amides is 3. The van der Waals surface area contributed by atoms with E-state index < -0.39 is 28.9 Å². The van der Waals surface area contributed by atoms with Crippen LogP contribution in [0, 0.1) is 0 Å². The van der Waals surface area contributed by atoms with E-state index in [2.05, 4.69) is 15.6 Å². The number of hydrogen-bond acceptors (Lipinski definition) is 7. The van der Waals surface area contributed by atoms with Gasteiger partial charge >= 0.3 is 5.97 Å². The molecule has 0 aliphatic heterocycles. The largest absolute Gasteiger partial charge is 0.497 e. The second-order valence-corrected chi connectivity index (χ2v) is 14.2. The van der Waals surface area contributed by atoms with Crippen molar-refractivity contribution in [2.75, 3.05) is 7.11 Å². The highest BCUT2D eigenvalue weighted by Gasteiger charge is 2.34. The highest BCUT2D eigenvalue weighted by molar-refractivity contribution is 6.46. The van der Waals surface area contributed by atoms with E-state index in [-0.39, 0.29) is 42.5 Å². The first-order chi connectivity index (χ1) is 24.6. The van der Waals surface area contributed by atoms with Crippen molar-refractivity contribution in [1.82, 2.24) is 10.6 Å². The Kier molecular flexibility index (Phi) is 12.7. The van der Waals surface area contributed by atoms with Gasteiger partial charge in [-0.25, -0.2) is 4.99 Å². The van der Waals surface area contributed by atoms with Crippen LogP contribution in [0.5, 0.6) is 5.75 Å². The average molecular weight is 705 g/mol. The van der Waals surface area contributed by atoms with Gasteiger partial charge in [-0.05, 0) is 98.5 Å². The number of rotatable bonds is 13. The summed E-state index contributed by atoms with van der Waals surface area (Å²) >= 11 is 0. The number of aliphatic imine (C=N–C) groups is 1. The molecule has 4 aromatic carbocycles. The molecule has 0 saturated carbocycles. The lowest BCUT2D eigenvalue weighted by molar-refractivity contribution is -0.160. The molecule has 0 fully saturated rings. The van der Waals surface area contributed by atoms with E-state index in [1.54, 1.807) is 64.3 Å². The molecule has 272 valence electrons. The van der Waals surface area contributed by atoms with Gasteiger partial charge in [-0.1, -0.05) is 78.9 Å². The Bertz CT molecular complexity index is 1970. The molecule has 0 heterocycles. The summed E-state index contributed by atoms with van der Waals surface area (Å²) in [6.45, 7) is 10.8. The lowest BCUT2D eigenvalue weighted by Gasteiger charge is -2.29. The monoisotopic (exact) mass is 704 g/mol. The van der Waals surface area contributed by atoms with Gasteiger partial charge < -0.3 is 25.8 Å². The predicted octanol–water partition coefficient (Wildman–Crippen LogP) is 5.88. The summed E-state index contributed by atoms with van der Waals surface area (Å²) in [6.07, 6.45) is 1.31. The van der Waals surface area contributed by atoms with E-state index in [4.69, 9.17) is 15.2 Å². The number of hydrogen-bond donors (Lipinski definition) is 3. The Morgan fingerprint density at radius 3 is 2.06 bits per heavy atom. The molecular weight excluding hydrogens is 656 g/mol. The molecule has 10 nitrogen and oxygen atoms in total. The number of carbonyl (C=O) groups is 4. The Labute approximate surface area is 305 Å². The highest BCUT2D eigenvalue weighted by Crippen LogP contribution is 2.28. The zero-order chi connectivity index (χ0) is 38.1. The van der Waals surface area contributed by atoms with Gasteiger partial charge in [-0.15, -0.1) is 0 Å². The summed E-state index contributed by atoms with van der Waals surface area (Å²) < 4.78 is 10.8. The van der Waals surface area contributed by atoms with Crippen molar-refractivity contribution >= 4 is 40.2 Å². The first-order valence-corrected chi connectivity index (χ1v) is 17.1. The Morgan fingerprint density at radius 1 is 0.827 bits per heavy atom. The smallest absolute Gasteiger partial charge is 0.316 e. The summed E-state index contributed by atoms with van der Waals surface area (Å²) in [5, 5.41) is 7.69. The molecular formula is C42H48N4O6. The lowest BCUT2D eigenvalue weighted by atomic mass is 9.84. The molecule has 0 aliphatic rings. The van der Waals surface area contributed by atoms with Crippen LogP contribution in [-0.2, 0) is 48.7 Å². The van der Waals surface area contributed by atoms with Crippen molar-refractivity contribution in [3.05, 3.63) is 125 Å². The summed E-state index contributed by atoms with van der Waals surface area (Å²) in [5.41, 5.74) is 7.36. The number of ether oxygens (including phenoxy) is 2. The fourth-order valence-corrected chi connectivity index (χ4v) is 5.39. The standard InChI is InChI=1S/C42H48N4O6/c1-27(25-43)37(39(49)44-26-29-15-20-34(51-7)21-16-29)46-38(48)35(45-36(47)24-30-12-17-31-10-8-9-11-32(31)22-30)23-28-13-18-33(19-14-28)42(5,6)40(50)52-41(2,3)4/h8-22,25,35H,23-24,26,43H2,1-7H3,(H,44,49)(H,45,47)/t35-/m1/s1. The Balaban J connectivity index is 1.59. The van der Waals surface area contributed by atoms with Crippen molar-refractivity contribution in [2.24, 2.45) is 10.7 Å². The fraction of sp³-hybridized carbons (Fsp3) is 0.310. The van der Waals surface area contributed by atoms with E-state index in [0.717, 1.165) is 27.5 Å². The predicted molar refractivity (Wildman–Crippen MR) is 204 cm³/mol. The second-order valence-electron chi connectivity index (χ2n) is 14.2. The lowest BCUT2D eigenvalue weighted by Crippen LogP contribution is -2.43. The maximum atomic E-state index is 13.9. The molecule has 0 radical (unpaired) electrons. The first kappa shape index (κ1) is 39.0. The van der Waals surface area contributed by atoms with Crippen LogP contribution in [0.3, 0.4) is 0 Å². The van der Waals surface area contributed by atoms with E-state index >= 15 is 0 Å². The number of fused-ring (bicyclic) bond motifs is 1. The van der Waals surface area contributed by atoms with Gasteiger partial charge in [0, 0.05) is 13.0 Å². The number of nitrogens with one attached hydrogen (secondary N) is 2. The molecule has 0 aliphatic carbocycles. The molecule has 3 amide bonds. The number of methoxy groups -OCH3 is 1. The molecule has 0 spiro atoms. The number of esters is 1. The molecule has 4 N–H and O–H groups in total. The third-order valence-electron chi connectivity index (χ3n) is 8.51. The zero-order valence-electron chi connectivity index (χ0n) is 30.9. The van der Waals surface area contributed by atoms with Gasteiger partial charge in [0.15, 0.2) is 0 Å². The number of nitrogens with zero attached hydrogens (tertiary/aromatic N) is 1. The van der Waals surface area contributed by atoms with Crippen molar-refractivity contribution in [3.8, 4) is 5.75 Å². The SMILES string of the molecule is COc1ccc(CNC(=O)C(=NC(=O)[C@@H](Cc2ccc(C(C)(C)C(=O)OC(C)(C)C)cc2)NC(=O)Cc2ccc3ccccc3c2)C(C)=CN)cc1. The molecule has 0 aromatic heterocycles. The van der Waals surface area contributed by atoms with Crippen molar-refractivity contribution in [2.45, 2.75) is 78.0 Å². The van der Waals surface area contributed by atoms with Crippen LogP contribution in [0.1, 0.15) is 63.8 Å². The van der Waals surface area contributed by atoms with Gasteiger partial charge in [-0.2, -0.15) is 0 Å². The van der Waals surface area contributed by atoms with E-state index in [1.807, 2.05) is 75.4 Å². The topological polar surface area (TPSA) is 149 Å². The molecule has 52 heavy (non-hydrogen) atoms. The van der Waals surface area contributed by atoms with Gasteiger partial charge in [0.05, 0.1) is 18.9 Å². The average Bonchev–Trinajstić information content (AvgIpc) is 3.11. The van der Waals surface area contributed by atoms with Gasteiger partial charge in [0.25, 0.3) is 11.8 Å². The van der Waals surface area contributed by atoms with E-state index in [1.165, 1.54) is 6.20 Å². The van der Waals surface area contributed by atoms with Gasteiger partial charge in [0.2, 0.25) is 5.91 Å².